The summed E-state index contributed by atoms with van der Waals surface area (Å²) in [5.74, 6) is 0.341. The molecule has 0 heterocycles. The predicted molar refractivity (Wildman–Crippen MR) is 104 cm³/mol. The van der Waals surface area contributed by atoms with Gasteiger partial charge < -0.3 is 14.8 Å². The maximum atomic E-state index is 12.2. The van der Waals surface area contributed by atoms with E-state index in [9.17, 15) is 9.59 Å². The van der Waals surface area contributed by atoms with Crippen LogP contribution in [0, 0.1) is 0 Å². The number of para-hydroxylation sites is 1. The average Bonchev–Trinajstić information content (AvgIpc) is 2.62. The van der Waals surface area contributed by atoms with E-state index in [0.717, 1.165) is 0 Å². The molecular weight excluding hydrogens is 422 g/mol. The fourth-order valence-electron chi connectivity index (χ4n) is 2.20. The molecule has 138 valence electrons. The van der Waals surface area contributed by atoms with Crippen molar-refractivity contribution in [3.8, 4) is 11.5 Å². The molecule has 2 rings (SSSR count). The summed E-state index contributed by atoms with van der Waals surface area (Å²) in [5.41, 5.74) is 0.474. The van der Waals surface area contributed by atoms with Gasteiger partial charge in [0.2, 0.25) is 0 Å². The fourth-order valence-corrected chi connectivity index (χ4v) is 2.96. The van der Waals surface area contributed by atoms with Crippen LogP contribution in [0.5, 0.6) is 11.5 Å². The van der Waals surface area contributed by atoms with Gasteiger partial charge in [0.1, 0.15) is 11.5 Å². The molecule has 0 radical (unpaired) electrons. The molecule has 0 aliphatic rings. The van der Waals surface area contributed by atoms with Crippen LogP contribution in [-0.4, -0.2) is 25.0 Å². The summed E-state index contributed by atoms with van der Waals surface area (Å²) in [6.45, 7) is 2.70. The Hall–Kier alpha value is -2.05. The largest absolute Gasteiger partial charge is 0.493 e. The van der Waals surface area contributed by atoms with Crippen molar-refractivity contribution in [1.29, 1.82) is 0 Å². The SMILES string of the molecule is CCOc1ccccc1C(=O)NCCCC(=O)Oc1ccc(Cl)cc1Br. The highest BCUT2D eigenvalue weighted by Crippen LogP contribution is 2.28. The van der Waals surface area contributed by atoms with Gasteiger partial charge in [-0.25, -0.2) is 0 Å². The summed E-state index contributed by atoms with van der Waals surface area (Å²) in [6, 6.07) is 12.0. The molecule has 0 aliphatic heterocycles. The van der Waals surface area contributed by atoms with Crippen molar-refractivity contribution in [2.24, 2.45) is 0 Å². The highest BCUT2D eigenvalue weighted by atomic mass is 79.9. The van der Waals surface area contributed by atoms with Crippen LogP contribution in [0.25, 0.3) is 0 Å². The predicted octanol–water partition coefficient (Wildman–Crippen LogP) is 4.62. The van der Waals surface area contributed by atoms with Gasteiger partial charge in [0.15, 0.2) is 0 Å². The van der Waals surface area contributed by atoms with Crippen LogP contribution in [0.1, 0.15) is 30.1 Å². The van der Waals surface area contributed by atoms with E-state index >= 15 is 0 Å². The Bertz CT molecular complexity index is 782. The van der Waals surface area contributed by atoms with Crippen molar-refractivity contribution in [1.82, 2.24) is 5.32 Å². The molecule has 0 unspecified atom stereocenters. The van der Waals surface area contributed by atoms with Gasteiger partial charge in [-0.15, -0.1) is 0 Å². The van der Waals surface area contributed by atoms with Gasteiger partial charge in [-0.2, -0.15) is 0 Å². The zero-order valence-electron chi connectivity index (χ0n) is 14.3. The minimum absolute atomic E-state index is 0.183. The number of carbonyl (C=O) groups excluding carboxylic acids is 2. The second-order valence-electron chi connectivity index (χ2n) is 5.34. The van der Waals surface area contributed by atoms with Gasteiger partial charge in [0.05, 0.1) is 16.6 Å². The Morgan fingerprint density at radius 2 is 1.92 bits per heavy atom. The van der Waals surface area contributed by atoms with Crippen molar-refractivity contribution in [2.45, 2.75) is 19.8 Å². The number of hydrogen-bond donors (Lipinski definition) is 1. The molecule has 1 N–H and O–H groups in total. The number of carbonyl (C=O) groups is 2. The zero-order chi connectivity index (χ0) is 18.9. The highest BCUT2D eigenvalue weighted by Gasteiger charge is 2.12. The molecule has 26 heavy (non-hydrogen) atoms. The molecule has 0 saturated heterocycles. The van der Waals surface area contributed by atoms with Crippen molar-refractivity contribution in [2.75, 3.05) is 13.2 Å². The number of ether oxygens (including phenoxy) is 2. The Kier molecular flexibility index (Phi) is 7.94. The van der Waals surface area contributed by atoms with Crippen LogP contribution < -0.4 is 14.8 Å². The second kappa shape index (κ2) is 10.2. The van der Waals surface area contributed by atoms with E-state index < -0.39 is 0 Å². The molecule has 0 atom stereocenters. The lowest BCUT2D eigenvalue weighted by atomic mass is 10.2. The van der Waals surface area contributed by atoms with Gasteiger partial charge in [0.25, 0.3) is 5.91 Å². The van der Waals surface area contributed by atoms with Crippen molar-refractivity contribution in [3.05, 3.63) is 57.5 Å². The molecule has 5 nitrogen and oxygen atoms in total. The number of benzene rings is 2. The average molecular weight is 441 g/mol. The van der Waals surface area contributed by atoms with Gasteiger partial charge in [0, 0.05) is 18.0 Å². The molecule has 2 aromatic carbocycles. The lowest BCUT2D eigenvalue weighted by molar-refractivity contribution is -0.134. The molecule has 0 aromatic heterocycles. The number of halogens is 2. The molecule has 1 amide bonds. The monoisotopic (exact) mass is 439 g/mol. The van der Waals surface area contributed by atoms with Gasteiger partial charge >= 0.3 is 5.97 Å². The quantitative estimate of drug-likeness (QED) is 0.370. The molecule has 7 heteroatoms. The maximum absolute atomic E-state index is 12.2. The van der Waals surface area contributed by atoms with Crippen LogP contribution in [0.2, 0.25) is 5.02 Å². The Morgan fingerprint density at radius 1 is 1.15 bits per heavy atom. The van der Waals surface area contributed by atoms with Crippen LogP contribution in [0.4, 0.5) is 0 Å². The highest BCUT2D eigenvalue weighted by molar-refractivity contribution is 9.10. The number of esters is 1. The summed E-state index contributed by atoms with van der Waals surface area (Å²) in [5, 5.41) is 3.33. The van der Waals surface area contributed by atoms with E-state index in [1.807, 2.05) is 13.0 Å². The second-order valence-corrected chi connectivity index (χ2v) is 6.63. The van der Waals surface area contributed by atoms with Gasteiger partial charge in [-0.1, -0.05) is 23.7 Å². The van der Waals surface area contributed by atoms with Crippen LogP contribution in [0.3, 0.4) is 0 Å². The normalized spacial score (nSPS) is 10.3. The summed E-state index contributed by atoms with van der Waals surface area (Å²) >= 11 is 9.14. The van der Waals surface area contributed by atoms with Crippen molar-refractivity contribution < 1.29 is 19.1 Å². The molecule has 0 fully saturated rings. The van der Waals surface area contributed by atoms with E-state index in [1.54, 1.807) is 36.4 Å². The molecular formula is C19H19BrClNO4. The van der Waals surface area contributed by atoms with E-state index in [4.69, 9.17) is 21.1 Å². The number of hydrogen-bond acceptors (Lipinski definition) is 4. The van der Waals surface area contributed by atoms with Crippen molar-refractivity contribution >= 4 is 39.4 Å². The van der Waals surface area contributed by atoms with Crippen LogP contribution >= 0.6 is 27.5 Å². The van der Waals surface area contributed by atoms with E-state index in [1.165, 1.54) is 0 Å². The Balaban J connectivity index is 1.78. The molecule has 0 saturated carbocycles. The van der Waals surface area contributed by atoms with E-state index in [-0.39, 0.29) is 18.3 Å². The first-order valence-electron chi connectivity index (χ1n) is 8.17. The van der Waals surface area contributed by atoms with Crippen LogP contribution in [-0.2, 0) is 4.79 Å². The standard InChI is InChI=1S/C19H19BrClNO4/c1-2-25-16-7-4-3-6-14(16)19(24)22-11-5-8-18(23)26-17-10-9-13(21)12-15(17)20/h3-4,6-7,9-10,12H,2,5,8,11H2,1H3,(H,22,24). The smallest absolute Gasteiger partial charge is 0.311 e. The minimum Gasteiger partial charge on any atom is -0.493 e. The molecule has 2 aromatic rings. The number of nitrogens with one attached hydrogen (secondary N) is 1. The fraction of sp³-hybridized carbons (Fsp3) is 0.263. The lowest BCUT2D eigenvalue weighted by Crippen LogP contribution is -2.25. The summed E-state index contributed by atoms with van der Waals surface area (Å²) in [4.78, 5) is 24.1. The third-order valence-corrected chi connectivity index (χ3v) is 4.25. The molecule has 0 spiro atoms. The minimum atomic E-state index is -0.378. The van der Waals surface area contributed by atoms with E-state index in [0.29, 0.717) is 46.1 Å². The molecule has 0 aliphatic carbocycles. The number of rotatable bonds is 8. The zero-order valence-corrected chi connectivity index (χ0v) is 16.6. The Morgan fingerprint density at radius 3 is 2.65 bits per heavy atom. The first kappa shape index (κ1) is 20.3. The van der Waals surface area contributed by atoms with Gasteiger partial charge in [-0.3, -0.25) is 9.59 Å². The van der Waals surface area contributed by atoms with Crippen molar-refractivity contribution in [3.63, 3.8) is 0 Å². The first-order chi connectivity index (χ1) is 12.5. The summed E-state index contributed by atoms with van der Waals surface area (Å²) in [6.07, 6.45) is 0.648. The third-order valence-electron chi connectivity index (χ3n) is 3.39. The summed E-state index contributed by atoms with van der Waals surface area (Å²) < 4.78 is 11.3. The number of amides is 1. The summed E-state index contributed by atoms with van der Waals surface area (Å²) in [7, 11) is 0. The maximum Gasteiger partial charge on any atom is 0.311 e. The van der Waals surface area contributed by atoms with Gasteiger partial charge in [-0.05, 0) is 59.6 Å². The van der Waals surface area contributed by atoms with E-state index in [2.05, 4.69) is 21.2 Å². The molecule has 0 bridgehead atoms. The topological polar surface area (TPSA) is 64.6 Å². The Labute approximate surface area is 165 Å². The lowest BCUT2D eigenvalue weighted by Gasteiger charge is -2.10. The first-order valence-corrected chi connectivity index (χ1v) is 9.34. The third kappa shape index (κ3) is 6.04. The van der Waals surface area contributed by atoms with Crippen LogP contribution in [0.15, 0.2) is 46.9 Å².